The van der Waals surface area contributed by atoms with Gasteiger partial charge in [0.2, 0.25) is 5.91 Å². The SMILES string of the molecule is CCCCC(N)(Cc1ccccc1)C(N)=O. The fraction of sp³-hybridized carbons (Fsp3) is 0.462. The van der Waals surface area contributed by atoms with Gasteiger partial charge in [0, 0.05) is 0 Å². The molecule has 0 aliphatic carbocycles. The van der Waals surface area contributed by atoms with Crippen molar-refractivity contribution in [1.29, 1.82) is 0 Å². The molecule has 1 aromatic carbocycles. The monoisotopic (exact) mass is 220 g/mol. The maximum absolute atomic E-state index is 11.4. The van der Waals surface area contributed by atoms with Crippen molar-refractivity contribution in [2.24, 2.45) is 11.5 Å². The average molecular weight is 220 g/mol. The minimum absolute atomic E-state index is 0.412. The predicted molar refractivity (Wildman–Crippen MR) is 65.8 cm³/mol. The van der Waals surface area contributed by atoms with Gasteiger partial charge in [0.15, 0.2) is 0 Å². The molecule has 0 radical (unpaired) electrons. The molecule has 0 fully saturated rings. The van der Waals surface area contributed by atoms with Crippen LogP contribution in [0.2, 0.25) is 0 Å². The van der Waals surface area contributed by atoms with Gasteiger partial charge in [-0.15, -0.1) is 0 Å². The Labute approximate surface area is 96.8 Å². The number of rotatable bonds is 6. The van der Waals surface area contributed by atoms with E-state index in [4.69, 9.17) is 11.5 Å². The zero-order valence-corrected chi connectivity index (χ0v) is 9.78. The molecule has 0 aromatic heterocycles. The topological polar surface area (TPSA) is 69.1 Å². The number of hydrogen-bond acceptors (Lipinski definition) is 2. The predicted octanol–water partition coefficient (Wildman–Crippen LogP) is 1.60. The molecule has 4 N–H and O–H groups in total. The van der Waals surface area contributed by atoms with Crippen molar-refractivity contribution >= 4 is 5.91 Å². The summed E-state index contributed by atoms with van der Waals surface area (Å²) < 4.78 is 0. The summed E-state index contributed by atoms with van der Waals surface area (Å²) in [7, 11) is 0. The first-order valence-corrected chi connectivity index (χ1v) is 5.71. The second kappa shape index (κ2) is 5.66. The molecule has 1 aromatic rings. The van der Waals surface area contributed by atoms with Gasteiger partial charge >= 0.3 is 0 Å². The number of hydrogen-bond donors (Lipinski definition) is 2. The minimum Gasteiger partial charge on any atom is -0.368 e. The third kappa shape index (κ3) is 3.35. The summed E-state index contributed by atoms with van der Waals surface area (Å²) in [5.74, 6) is -0.412. The molecule has 3 heteroatoms. The highest BCUT2D eigenvalue weighted by Crippen LogP contribution is 2.17. The molecule has 1 unspecified atom stereocenters. The standard InChI is InChI=1S/C13H20N2O/c1-2-3-9-13(15,12(14)16)10-11-7-5-4-6-8-11/h4-8H,2-3,9-10,15H2,1H3,(H2,14,16). The summed E-state index contributed by atoms with van der Waals surface area (Å²) in [6.45, 7) is 2.07. The Morgan fingerprint density at radius 3 is 2.44 bits per heavy atom. The maximum Gasteiger partial charge on any atom is 0.237 e. The van der Waals surface area contributed by atoms with Gasteiger partial charge in [-0.05, 0) is 18.4 Å². The van der Waals surface area contributed by atoms with Crippen molar-refractivity contribution < 1.29 is 4.79 Å². The van der Waals surface area contributed by atoms with E-state index in [0.717, 1.165) is 18.4 Å². The zero-order chi connectivity index (χ0) is 12.0. The number of amides is 1. The van der Waals surface area contributed by atoms with Gasteiger partial charge in [0.05, 0.1) is 5.54 Å². The fourth-order valence-electron chi connectivity index (χ4n) is 1.75. The highest BCUT2D eigenvalue weighted by Gasteiger charge is 2.31. The Balaban J connectivity index is 2.75. The van der Waals surface area contributed by atoms with Crippen LogP contribution < -0.4 is 11.5 Å². The van der Waals surface area contributed by atoms with Crippen molar-refractivity contribution in [2.75, 3.05) is 0 Å². The van der Waals surface area contributed by atoms with Crippen molar-refractivity contribution in [3.63, 3.8) is 0 Å². The van der Waals surface area contributed by atoms with Gasteiger partial charge in [0.1, 0.15) is 0 Å². The fourth-order valence-corrected chi connectivity index (χ4v) is 1.75. The van der Waals surface area contributed by atoms with E-state index in [1.807, 2.05) is 30.3 Å². The zero-order valence-electron chi connectivity index (χ0n) is 9.78. The molecule has 16 heavy (non-hydrogen) atoms. The maximum atomic E-state index is 11.4. The van der Waals surface area contributed by atoms with Crippen LogP contribution in [0.5, 0.6) is 0 Å². The Hall–Kier alpha value is -1.35. The molecule has 88 valence electrons. The third-order valence-corrected chi connectivity index (χ3v) is 2.83. The van der Waals surface area contributed by atoms with Crippen LogP contribution in [0.25, 0.3) is 0 Å². The van der Waals surface area contributed by atoms with Crippen LogP contribution in [0, 0.1) is 0 Å². The molecule has 1 rings (SSSR count). The van der Waals surface area contributed by atoms with Crippen LogP contribution in [0.1, 0.15) is 31.7 Å². The van der Waals surface area contributed by atoms with Crippen LogP contribution in [0.15, 0.2) is 30.3 Å². The van der Waals surface area contributed by atoms with Gasteiger partial charge in [-0.2, -0.15) is 0 Å². The minimum atomic E-state index is -0.905. The van der Waals surface area contributed by atoms with Gasteiger partial charge in [0.25, 0.3) is 0 Å². The molecule has 0 saturated carbocycles. The largest absolute Gasteiger partial charge is 0.368 e. The summed E-state index contributed by atoms with van der Waals surface area (Å²) in [5, 5.41) is 0. The van der Waals surface area contributed by atoms with Crippen LogP contribution in [0.4, 0.5) is 0 Å². The van der Waals surface area contributed by atoms with Crippen LogP contribution >= 0.6 is 0 Å². The molecule has 0 saturated heterocycles. The second-order valence-electron chi connectivity index (χ2n) is 4.29. The lowest BCUT2D eigenvalue weighted by Crippen LogP contribution is -2.53. The van der Waals surface area contributed by atoms with Gasteiger partial charge in [-0.3, -0.25) is 4.79 Å². The Bertz CT molecular complexity index is 337. The van der Waals surface area contributed by atoms with E-state index in [1.54, 1.807) is 0 Å². The first kappa shape index (κ1) is 12.7. The number of benzene rings is 1. The average Bonchev–Trinajstić information content (AvgIpc) is 2.27. The highest BCUT2D eigenvalue weighted by atomic mass is 16.1. The van der Waals surface area contributed by atoms with Gasteiger partial charge in [-0.1, -0.05) is 50.1 Å². The van der Waals surface area contributed by atoms with E-state index in [1.165, 1.54) is 0 Å². The molecule has 0 bridgehead atoms. The van der Waals surface area contributed by atoms with Crippen molar-refractivity contribution in [1.82, 2.24) is 0 Å². The first-order valence-electron chi connectivity index (χ1n) is 5.71. The van der Waals surface area contributed by atoms with E-state index < -0.39 is 11.4 Å². The molecule has 1 atom stereocenters. The normalized spacial score (nSPS) is 14.4. The molecular weight excluding hydrogens is 200 g/mol. The van der Waals surface area contributed by atoms with Gasteiger partial charge < -0.3 is 11.5 Å². The van der Waals surface area contributed by atoms with Crippen LogP contribution in [-0.4, -0.2) is 11.4 Å². The van der Waals surface area contributed by atoms with Crippen molar-refractivity contribution in [2.45, 2.75) is 38.1 Å². The first-order chi connectivity index (χ1) is 7.58. The van der Waals surface area contributed by atoms with Gasteiger partial charge in [-0.25, -0.2) is 0 Å². The summed E-state index contributed by atoms with van der Waals surface area (Å²) >= 11 is 0. The van der Waals surface area contributed by atoms with E-state index in [2.05, 4.69) is 6.92 Å². The number of nitrogens with two attached hydrogens (primary N) is 2. The molecule has 3 nitrogen and oxygen atoms in total. The summed E-state index contributed by atoms with van der Waals surface area (Å²) in [6, 6.07) is 9.76. The van der Waals surface area contributed by atoms with Crippen molar-refractivity contribution in [3.8, 4) is 0 Å². The summed E-state index contributed by atoms with van der Waals surface area (Å²) in [4.78, 5) is 11.4. The van der Waals surface area contributed by atoms with E-state index >= 15 is 0 Å². The Morgan fingerprint density at radius 2 is 1.94 bits per heavy atom. The number of carbonyl (C=O) groups excluding carboxylic acids is 1. The van der Waals surface area contributed by atoms with Crippen LogP contribution in [0.3, 0.4) is 0 Å². The van der Waals surface area contributed by atoms with Crippen LogP contribution in [-0.2, 0) is 11.2 Å². The molecule has 1 amide bonds. The number of carbonyl (C=O) groups is 1. The Morgan fingerprint density at radius 1 is 1.31 bits per heavy atom. The molecule has 0 aliphatic heterocycles. The van der Waals surface area contributed by atoms with Crippen molar-refractivity contribution in [3.05, 3.63) is 35.9 Å². The quantitative estimate of drug-likeness (QED) is 0.764. The Kier molecular flexibility index (Phi) is 4.50. The second-order valence-corrected chi connectivity index (χ2v) is 4.29. The lowest BCUT2D eigenvalue weighted by molar-refractivity contribution is -0.123. The highest BCUT2D eigenvalue weighted by molar-refractivity contribution is 5.84. The molecule has 0 aliphatic rings. The van der Waals surface area contributed by atoms with E-state index in [-0.39, 0.29) is 0 Å². The summed E-state index contributed by atoms with van der Waals surface area (Å²) in [5.41, 5.74) is 11.6. The third-order valence-electron chi connectivity index (χ3n) is 2.83. The number of unbranched alkanes of at least 4 members (excludes halogenated alkanes) is 1. The number of primary amides is 1. The molecule has 0 spiro atoms. The molecule has 0 heterocycles. The lowest BCUT2D eigenvalue weighted by Gasteiger charge is -2.25. The van der Waals surface area contributed by atoms with E-state index in [9.17, 15) is 4.79 Å². The smallest absolute Gasteiger partial charge is 0.237 e. The lowest BCUT2D eigenvalue weighted by atomic mass is 9.86. The summed E-state index contributed by atoms with van der Waals surface area (Å²) in [6.07, 6.45) is 3.10. The molecular formula is C13H20N2O. The van der Waals surface area contributed by atoms with E-state index in [0.29, 0.717) is 12.8 Å².